The monoisotopic (exact) mass is 290 g/mol. The predicted octanol–water partition coefficient (Wildman–Crippen LogP) is -1.01. The highest BCUT2D eigenvalue weighted by molar-refractivity contribution is 6.01. The predicted molar refractivity (Wildman–Crippen MR) is 73.7 cm³/mol. The summed E-state index contributed by atoms with van der Waals surface area (Å²) in [6, 6.07) is 0. The third-order valence-electron chi connectivity index (χ3n) is 3.33. The van der Waals surface area contributed by atoms with Gasteiger partial charge in [0.2, 0.25) is 12.1 Å². The molecule has 0 radical (unpaired) electrons. The summed E-state index contributed by atoms with van der Waals surface area (Å²) in [4.78, 5) is 36.9. The van der Waals surface area contributed by atoms with E-state index in [0.717, 1.165) is 0 Å². The van der Waals surface area contributed by atoms with Crippen molar-refractivity contribution < 1.29 is 9.63 Å². The molecule has 1 amide bonds. The highest BCUT2D eigenvalue weighted by atomic mass is 16.7. The van der Waals surface area contributed by atoms with E-state index in [-0.39, 0.29) is 11.5 Å². The fraction of sp³-hybridized carbons (Fsp3) is 0.333. The zero-order chi connectivity index (χ0) is 15.1. The van der Waals surface area contributed by atoms with E-state index >= 15 is 0 Å². The van der Waals surface area contributed by atoms with Gasteiger partial charge in [-0.2, -0.15) is 0 Å². The molecule has 0 fully saturated rings. The minimum atomic E-state index is -0.947. The number of aromatic nitrogens is 3. The van der Waals surface area contributed by atoms with Crippen LogP contribution in [0.15, 0.2) is 16.0 Å². The summed E-state index contributed by atoms with van der Waals surface area (Å²) in [6.45, 7) is 3.67. The van der Waals surface area contributed by atoms with Crippen molar-refractivity contribution >= 4 is 17.5 Å². The zero-order valence-electron chi connectivity index (χ0n) is 11.5. The smallest absolute Gasteiger partial charge is 0.276 e. The molecular formula is C12H14N6O3. The number of H-pyrrole nitrogens is 1. The average molecular weight is 290 g/mol. The molecule has 4 N–H and O–H groups in total. The number of rotatable bonds is 3. The molecule has 3 rings (SSSR count). The first-order valence-corrected chi connectivity index (χ1v) is 6.42. The molecule has 1 atom stereocenters. The normalized spacial score (nSPS) is 17.8. The number of nitrogens with zero attached hydrogens (tertiary/aromatic N) is 3. The lowest BCUT2D eigenvalue weighted by atomic mass is 10.2. The van der Waals surface area contributed by atoms with Gasteiger partial charge in [-0.05, 0) is 13.3 Å². The van der Waals surface area contributed by atoms with Gasteiger partial charge in [0.1, 0.15) is 5.56 Å². The van der Waals surface area contributed by atoms with Gasteiger partial charge in [-0.15, -0.1) is 5.48 Å². The quantitative estimate of drug-likeness (QED) is 0.667. The Kier molecular flexibility index (Phi) is 2.98. The lowest BCUT2D eigenvalue weighted by molar-refractivity contribution is -0.121. The standard InChI is InChI=1S/C12H14N6O3/c1-3-6-5(2)15-10-7(4-14-18(10)12(6)20)11-16-9(8(13)19)17-21-11/h4,9,14,17H,3H2,1-2H3,(H2,13,19). The molecule has 110 valence electrons. The van der Waals surface area contributed by atoms with Gasteiger partial charge in [0, 0.05) is 17.5 Å². The molecule has 2 aromatic rings. The minimum absolute atomic E-state index is 0.160. The number of aliphatic imine (C=N–C) groups is 1. The van der Waals surface area contributed by atoms with Crippen molar-refractivity contribution in [2.75, 3.05) is 0 Å². The van der Waals surface area contributed by atoms with Gasteiger partial charge < -0.3 is 10.6 Å². The van der Waals surface area contributed by atoms with Crippen molar-refractivity contribution in [1.82, 2.24) is 20.1 Å². The Balaban J connectivity index is 2.16. The number of nitrogens with one attached hydrogen (secondary N) is 2. The molecule has 0 aromatic carbocycles. The van der Waals surface area contributed by atoms with Crippen LogP contribution in [-0.2, 0) is 16.1 Å². The number of amides is 1. The Bertz CT molecular complexity index is 818. The van der Waals surface area contributed by atoms with E-state index in [2.05, 4.69) is 20.6 Å². The van der Waals surface area contributed by atoms with Crippen molar-refractivity contribution in [3.8, 4) is 0 Å². The third-order valence-corrected chi connectivity index (χ3v) is 3.33. The van der Waals surface area contributed by atoms with Crippen LogP contribution in [0, 0.1) is 6.92 Å². The second-order valence-electron chi connectivity index (χ2n) is 4.64. The van der Waals surface area contributed by atoms with E-state index in [1.54, 1.807) is 13.1 Å². The first-order chi connectivity index (χ1) is 10.0. The number of hydrogen-bond donors (Lipinski definition) is 3. The minimum Gasteiger partial charge on any atom is -0.385 e. The highest BCUT2D eigenvalue weighted by Crippen LogP contribution is 2.14. The Morgan fingerprint density at radius 3 is 2.95 bits per heavy atom. The summed E-state index contributed by atoms with van der Waals surface area (Å²) in [5.41, 5.74) is 9.55. The number of aryl methyl sites for hydroxylation is 1. The third kappa shape index (κ3) is 1.98. The SMILES string of the molecule is CCc1c(C)nc2c(C3=NC(C(N)=O)NO3)c[nH]n2c1=O. The van der Waals surface area contributed by atoms with Crippen LogP contribution in [0.25, 0.3) is 5.65 Å². The Labute approximate surface area is 118 Å². The van der Waals surface area contributed by atoms with Crippen LogP contribution in [0.2, 0.25) is 0 Å². The van der Waals surface area contributed by atoms with E-state index in [4.69, 9.17) is 10.6 Å². The fourth-order valence-electron chi connectivity index (χ4n) is 2.25. The van der Waals surface area contributed by atoms with Crippen LogP contribution in [0.3, 0.4) is 0 Å². The van der Waals surface area contributed by atoms with Gasteiger partial charge in [-0.25, -0.2) is 14.5 Å². The molecular weight excluding hydrogens is 276 g/mol. The molecule has 0 aliphatic carbocycles. The number of aromatic amines is 1. The van der Waals surface area contributed by atoms with Crippen LogP contribution < -0.4 is 16.8 Å². The summed E-state index contributed by atoms with van der Waals surface area (Å²) in [6.07, 6.45) is 1.20. The van der Waals surface area contributed by atoms with Crippen molar-refractivity contribution in [1.29, 1.82) is 0 Å². The summed E-state index contributed by atoms with van der Waals surface area (Å²) in [5.74, 6) is -0.493. The molecule has 0 spiro atoms. The Morgan fingerprint density at radius 2 is 2.33 bits per heavy atom. The van der Waals surface area contributed by atoms with Crippen LogP contribution >= 0.6 is 0 Å². The highest BCUT2D eigenvalue weighted by Gasteiger charge is 2.27. The first kappa shape index (κ1) is 13.3. The zero-order valence-corrected chi connectivity index (χ0v) is 11.5. The van der Waals surface area contributed by atoms with Gasteiger partial charge in [0.05, 0.1) is 0 Å². The van der Waals surface area contributed by atoms with E-state index in [9.17, 15) is 9.59 Å². The van der Waals surface area contributed by atoms with E-state index in [0.29, 0.717) is 28.9 Å². The molecule has 1 unspecified atom stereocenters. The topological polar surface area (TPSA) is 127 Å². The van der Waals surface area contributed by atoms with Crippen LogP contribution in [0.5, 0.6) is 0 Å². The molecule has 2 aromatic heterocycles. The second kappa shape index (κ2) is 4.70. The average Bonchev–Trinajstić information content (AvgIpc) is 3.04. The molecule has 3 heterocycles. The number of hydroxylamine groups is 1. The largest absolute Gasteiger partial charge is 0.385 e. The number of carbonyl (C=O) groups is 1. The molecule has 9 nitrogen and oxygen atoms in total. The Hall–Kier alpha value is -2.68. The van der Waals surface area contributed by atoms with Crippen molar-refractivity contribution in [2.45, 2.75) is 26.4 Å². The first-order valence-electron chi connectivity index (χ1n) is 6.42. The van der Waals surface area contributed by atoms with Crippen LogP contribution in [-0.4, -0.2) is 32.6 Å². The number of hydrogen-bond acceptors (Lipinski definition) is 6. The summed E-state index contributed by atoms with van der Waals surface area (Å²) >= 11 is 0. The summed E-state index contributed by atoms with van der Waals surface area (Å²) in [5, 5.41) is 2.82. The number of primary amides is 1. The van der Waals surface area contributed by atoms with E-state index in [1.807, 2.05) is 6.92 Å². The molecule has 21 heavy (non-hydrogen) atoms. The molecule has 0 saturated heterocycles. The Morgan fingerprint density at radius 1 is 1.57 bits per heavy atom. The lowest BCUT2D eigenvalue weighted by Gasteiger charge is -2.03. The number of carbonyl (C=O) groups excluding carboxylic acids is 1. The number of fused-ring (bicyclic) bond motifs is 1. The number of nitrogens with two attached hydrogens (primary N) is 1. The van der Waals surface area contributed by atoms with E-state index < -0.39 is 12.1 Å². The van der Waals surface area contributed by atoms with Gasteiger partial charge in [-0.1, -0.05) is 6.92 Å². The van der Waals surface area contributed by atoms with Crippen molar-refractivity contribution in [3.63, 3.8) is 0 Å². The van der Waals surface area contributed by atoms with Crippen LogP contribution in [0.4, 0.5) is 0 Å². The molecule has 1 aliphatic heterocycles. The molecule has 9 heteroatoms. The van der Waals surface area contributed by atoms with Crippen molar-refractivity contribution in [2.24, 2.45) is 10.7 Å². The molecule has 0 saturated carbocycles. The lowest BCUT2D eigenvalue weighted by Crippen LogP contribution is -2.35. The molecule has 1 aliphatic rings. The second-order valence-corrected chi connectivity index (χ2v) is 4.64. The summed E-state index contributed by atoms with van der Waals surface area (Å²) in [7, 11) is 0. The fourth-order valence-corrected chi connectivity index (χ4v) is 2.25. The maximum atomic E-state index is 12.3. The van der Waals surface area contributed by atoms with Gasteiger partial charge >= 0.3 is 0 Å². The van der Waals surface area contributed by atoms with Crippen molar-refractivity contribution in [3.05, 3.63) is 33.4 Å². The van der Waals surface area contributed by atoms with Gasteiger partial charge in [0.25, 0.3) is 11.5 Å². The molecule has 0 bridgehead atoms. The van der Waals surface area contributed by atoms with Gasteiger partial charge in [-0.3, -0.25) is 14.7 Å². The van der Waals surface area contributed by atoms with Gasteiger partial charge in [0.15, 0.2) is 5.65 Å². The van der Waals surface area contributed by atoms with Crippen LogP contribution in [0.1, 0.15) is 23.7 Å². The maximum absolute atomic E-state index is 12.3. The maximum Gasteiger partial charge on any atom is 0.276 e. The summed E-state index contributed by atoms with van der Waals surface area (Å²) < 4.78 is 1.32. The van der Waals surface area contributed by atoms with E-state index in [1.165, 1.54) is 4.52 Å².